The van der Waals surface area contributed by atoms with Crippen LogP contribution in [-0.4, -0.2) is 96.2 Å². The van der Waals surface area contributed by atoms with Gasteiger partial charge in [-0.05, 0) is 20.8 Å². The van der Waals surface area contributed by atoms with Crippen molar-refractivity contribution in [3.8, 4) is 0 Å². The number of carbonyl (C=O) groups excluding carboxylic acids is 4. The molecule has 0 aliphatic heterocycles. The topological polar surface area (TPSA) is 102 Å². The molecule has 41 heavy (non-hydrogen) atoms. The van der Waals surface area contributed by atoms with Gasteiger partial charge in [-0.2, -0.15) is 0 Å². The van der Waals surface area contributed by atoms with Crippen molar-refractivity contribution in [1.29, 1.82) is 0 Å². The number of rotatable bonds is 12. The molecule has 0 bridgehead atoms. The third kappa shape index (κ3) is 14.5. The fourth-order valence-corrected chi connectivity index (χ4v) is 3.98. The first-order valence-electron chi connectivity index (χ1n) is 15.1. The van der Waals surface area contributed by atoms with Crippen molar-refractivity contribution in [2.75, 3.05) is 52.4 Å². The Kier molecular flexibility index (Phi) is 14.1. The van der Waals surface area contributed by atoms with Crippen LogP contribution in [0.2, 0.25) is 0 Å². The Morgan fingerprint density at radius 2 is 0.732 bits per heavy atom. The van der Waals surface area contributed by atoms with Crippen LogP contribution in [0, 0.1) is 21.7 Å². The number of nitrogens with one attached hydrogen (secondary N) is 2. The minimum absolute atomic E-state index is 0.0375. The minimum Gasteiger partial charge on any atom is -0.354 e. The third-order valence-corrected chi connectivity index (χ3v) is 6.78. The van der Waals surface area contributed by atoms with Gasteiger partial charge in [0.1, 0.15) is 0 Å². The summed E-state index contributed by atoms with van der Waals surface area (Å²) in [6.45, 7) is 33.0. The maximum Gasteiger partial charge on any atom is 0.228 e. The van der Waals surface area contributed by atoms with Crippen LogP contribution in [0.3, 0.4) is 0 Å². The van der Waals surface area contributed by atoms with Gasteiger partial charge in [0, 0.05) is 79.6 Å². The Labute approximate surface area is 251 Å². The Morgan fingerprint density at radius 3 is 0.951 bits per heavy atom. The van der Waals surface area contributed by atoms with Gasteiger partial charge in [0.15, 0.2) is 0 Å². The molecule has 0 saturated heterocycles. The number of nitrogens with zero attached hydrogens (tertiary/aromatic N) is 3. The number of amides is 4. The molecule has 2 N–H and O–H groups in total. The molecule has 0 heterocycles. The smallest absolute Gasteiger partial charge is 0.228 e. The van der Waals surface area contributed by atoms with E-state index in [1.54, 1.807) is 0 Å². The molecule has 0 unspecified atom stereocenters. The van der Waals surface area contributed by atoms with Crippen LogP contribution in [0.1, 0.15) is 104 Å². The first kappa shape index (κ1) is 38.8. The lowest BCUT2D eigenvalue weighted by Gasteiger charge is -2.40. The van der Waals surface area contributed by atoms with Crippen LogP contribution in [-0.2, 0) is 19.2 Å². The molecule has 0 fully saturated rings. The van der Waals surface area contributed by atoms with Crippen LogP contribution in [0.25, 0.3) is 0 Å². The van der Waals surface area contributed by atoms with E-state index >= 15 is 0 Å². The summed E-state index contributed by atoms with van der Waals surface area (Å²) >= 11 is 0. The molecule has 0 aliphatic rings. The molecule has 9 nitrogen and oxygen atoms in total. The molecule has 0 aliphatic carbocycles. The highest BCUT2D eigenvalue weighted by Crippen LogP contribution is 2.21. The van der Waals surface area contributed by atoms with E-state index in [0.717, 1.165) is 0 Å². The SMILES string of the molecule is CC(C)(C)C(=O)NCCN(CCN(CCN(CCNC(=O)C(C)(C)C)C(=O)C(C)(C)C)C(C)(C)C)C(=O)C(C)(C)C. The van der Waals surface area contributed by atoms with Crippen LogP contribution in [0.4, 0.5) is 0 Å². The quantitative estimate of drug-likeness (QED) is 0.360. The highest BCUT2D eigenvalue weighted by molar-refractivity contribution is 5.83. The van der Waals surface area contributed by atoms with Crippen molar-refractivity contribution in [1.82, 2.24) is 25.3 Å². The Hall–Kier alpha value is -2.16. The van der Waals surface area contributed by atoms with E-state index in [2.05, 4.69) is 36.3 Å². The van der Waals surface area contributed by atoms with E-state index in [-0.39, 0.29) is 29.2 Å². The second-order valence-electron chi connectivity index (χ2n) is 16.3. The molecule has 4 amide bonds. The summed E-state index contributed by atoms with van der Waals surface area (Å²) in [7, 11) is 0. The van der Waals surface area contributed by atoms with Gasteiger partial charge in [0.05, 0.1) is 0 Å². The summed E-state index contributed by atoms with van der Waals surface area (Å²) in [5, 5.41) is 5.92. The number of hydrogen-bond donors (Lipinski definition) is 2. The number of hydrogen-bond acceptors (Lipinski definition) is 5. The fourth-order valence-electron chi connectivity index (χ4n) is 3.98. The van der Waals surface area contributed by atoms with Gasteiger partial charge in [-0.15, -0.1) is 0 Å². The van der Waals surface area contributed by atoms with Crippen molar-refractivity contribution in [3.05, 3.63) is 0 Å². The molecular weight excluding hydrogens is 518 g/mol. The molecule has 0 saturated carbocycles. The summed E-state index contributed by atoms with van der Waals surface area (Å²) in [5.74, 6) is -0.00969. The molecule has 0 rings (SSSR count). The zero-order valence-electron chi connectivity index (χ0n) is 29.1. The lowest BCUT2D eigenvalue weighted by molar-refractivity contribution is -0.140. The van der Waals surface area contributed by atoms with Crippen LogP contribution in [0.15, 0.2) is 0 Å². The fraction of sp³-hybridized carbons (Fsp3) is 0.875. The van der Waals surface area contributed by atoms with Crippen LogP contribution >= 0.6 is 0 Å². The van der Waals surface area contributed by atoms with Crippen molar-refractivity contribution < 1.29 is 19.2 Å². The molecule has 0 aromatic carbocycles. The van der Waals surface area contributed by atoms with Gasteiger partial charge in [0.25, 0.3) is 0 Å². The lowest BCUT2D eigenvalue weighted by Crippen LogP contribution is -2.53. The van der Waals surface area contributed by atoms with Gasteiger partial charge in [-0.25, -0.2) is 0 Å². The molecule has 9 heteroatoms. The van der Waals surface area contributed by atoms with E-state index in [9.17, 15) is 19.2 Å². The monoisotopic (exact) mass is 581 g/mol. The maximum atomic E-state index is 13.3. The highest BCUT2D eigenvalue weighted by atomic mass is 16.2. The van der Waals surface area contributed by atoms with Crippen molar-refractivity contribution in [2.24, 2.45) is 21.7 Å². The van der Waals surface area contributed by atoms with Gasteiger partial charge in [0.2, 0.25) is 23.6 Å². The van der Waals surface area contributed by atoms with Gasteiger partial charge in [-0.1, -0.05) is 83.1 Å². The van der Waals surface area contributed by atoms with Gasteiger partial charge < -0.3 is 20.4 Å². The maximum absolute atomic E-state index is 13.3. The van der Waals surface area contributed by atoms with Crippen LogP contribution in [0.5, 0.6) is 0 Å². The Bertz CT molecular complexity index is 814. The summed E-state index contributed by atoms with van der Waals surface area (Å²) < 4.78 is 0. The van der Waals surface area contributed by atoms with E-state index in [1.165, 1.54) is 0 Å². The molecule has 0 atom stereocenters. The average Bonchev–Trinajstić information content (AvgIpc) is 2.76. The van der Waals surface area contributed by atoms with Crippen molar-refractivity contribution >= 4 is 23.6 Å². The van der Waals surface area contributed by atoms with E-state index in [4.69, 9.17) is 0 Å². The summed E-state index contributed by atoms with van der Waals surface area (Å²) in [6.07, 6.45) is 0. The van der Waals surface area contributed by atoms with Gasteiger partial charge >= 0.3 is 0 Å². The molecule has 0 aromatic heterocycles. The molecule has 0 aromatic rings. The summed E-state index contributed by atoms with van der Waals surface area (Å²) in [4.78, 5) is 57.3. The average molecular weight is 582 g/mol. The number of carbonyl (C=O) groups is 4. The second-order valence-corrected chi connectivity index (χ2v) is 16.3. The van der Waals surface area contributed by atoms with Gasteiger partial charge in [-0.3, -0.25) is 24.1 Å². The standard InChI is InChI=1S/C32H63N5O4/c1-28(2,3)24(38)33-16-18-35(26(40)30(7,8)9)20-22-37(32(13,14)15)23-21-36(27(41)31(10,11)12)19-17-34-25(39)29(4,5)6/h16-23H2,1-15H3,(H,33,38)(H,34,39). The second kappa shape index (κ2) is 14.8. The molecular formula is C32H63N5O4. The van der Waals surface area contributed by atoms with Crippen molar-refractivity contribution in [3.63, 3.8) is 0 Å². The first-order chi connectivity index (χ1) is 18.2. The molecule has 0 radical (unpaired) electrons. The molecule has 0 spiro atoms. The largest absolute Gasteiger partial charge is 0.354 e. The third-order valence-electron chi connectivity index (χ3n) is 6.78. The summed E-state index contributed by atoms with van der Waals surface area (Å²) in [5.41, 5.74) is -2.28. The van der Waals surface area contributed by atoms with E-state index in [1.807, 2.05) is 92.9 Å². The van der Waals surface area contributed by atoms with Crippen molar-refractivity contribution in [2.45, 2.75) is 109 Å². The minimum atomic E-state index is -0.548. The molecule has 240 valence electrons. The lowest BCUT2D eigenvalue weighted by atomic mass is 9.94. The van der Waals surface area contributed by atoms with E-state index in [0.29, 0.717) is 52.4 Å². The predicted octanol–water partition coefficient (Wildman–Crippen LogP) is 4.16. The Morgan fingerprint density at radius 1 is 0.439 bits per heavy atom. The first-order valence-corrected chi connectivity index (χ1v) is 15.1. The Balaban J connectivity index is 5.63. The zero-order chi connectivity index (χ0) is 32.6. The normalized spacial score (nSPS) is 13.2. The van der Waals surface area contributed by atoms with E-state index < -0.39 is 21.7 Å². The summed E-state index contributed by atoms with van der Waals surface area (Å²) in [6, 6.07) is 0. The zero-order valence-corrected chi connectivity index (χ0v) is 29.1. The highest BCUT2D eigenvalue weighted by Gasteiger charge is 2.32. The predicted molar refractivity (Wildman–Crippen MR) is 168 cm³/mol. The van der Waals surface area contributed by atoms with Crippen LogP contribution < -0.4 is 10.6 Å².